The van der Waals surface area contributed by atoms with E-state index in [1.54, 1.807) is 24.3 Å². The van der Waals surface area contributed by atoms with Crippen molar-refractivity contribution in [3.8, 4) is 0 Å². The Labute approximate surface area is 147 Å². The van der Waals surface area contributed by atoms with Crippen LogP contribution in [0.5, 0.6) is 0 Å². The maximum atomic E-state index is 12.5. The number of piperazine rings is 1. The molecular formula is C20H21N3O2. The molecule has 0 saturated carbocycles. The molecule has 2 amide bonds. The van der Waals surface area contributed by atoms with Crippen molar-refractivity contribution >= 4 is 11.8 Å². The lowest BCUT2D eigenvalue weighted by molar-refractivity contribution is 0.0642. The van der Waals surface area contributed by atoms with Crippen LogP contribution in [-0.2, 0) is 13.1 Å². The Morgan fingerprint density at radius 2 is 1.40 bits per heavy atom. The number of rotatable bonds is 4. The summed E-state index contributed by atoms with van der Waals surface area (Å²) in [4.78, 5) is 28.8. The van der Waals surface area contributed by atoms with Crippen molar-refractivity contribution in [3.05, 3.63) is 70.8 Å². The number of nitrogens with zero attached hydrogens (tertiary/aromatic N) is 2. The molecule has 1 N–H and O–H groups in total. The smallest absolute Gasteiger partial charge is 0.261 e. The molecule has 2 heterocycles. The van der Waals surface area contributed by atoms with Gasteiger partial charge in [0.1, 0.15) is 0 Å². The molecule has 25 heavy (non-hydrogen) atoms. The fraction of sp³-hybridized carbons (Fsp3) is 0.300. The van der Waals surface area contributed by atoms with Gasteiger partial charge in [0.25, 0.3) is 11.8 Å². The Bertz CT molecular complexity index is 777. The Hall–Kier alpha value is -2.50. The molecule has 0 aliphatic carbocycles. The average molecular weight is 335 g/mol. The van der Waals surface area contributed by atoms with E-state index in [1.165, 1.54) is 10.5 Å². The van der Waals surface area contributed by atoms with E-state index in [4.69, 9.17) is 0 Å². The van der Waals surface area contributed by atoms with Crippen LogP contribution < -0.4 is 5.32 Å². The first kappa shape index (κ1) is 16.0. The molecule has 5 nitrogen and oxygen atoms in total. The molecule has 5 heteroatoms. The third kappa shape index (κ3) is 3.21. The second kappa shape index (κ2) is 6.78. The molecule has 2 aromatic carbocycles. The minimum atomic E-state index is -0.201. The fourth-order valence-corrected chi connectivity index (χ4v) is 3.52. The van der Waals surface area contributed by atoms with Crippen LogP contribution in [0.3, 0.4) is 0 Å². The van der Waals surface area contributed by atoms with Gasteiger partial charge in [0, 0.05) is 32.7 Å². The number of imide groups is 1. The first-order valence-corrected chi connectivity index (χ1v) is 8.68. The molecule has 1 fully saturated rings. The molecule has 0 aromatic heterocycles. The second-order valence-electron chi connectivity index (χ2n) is 6.59. The molecule has 2 aliphatic rings. The van der Waals surface area contributed by atoms with E-state index in [2.05, 4.69) is 22.3 Å². The van der Waals surface area contributed by atoms with Crippen LogP contribution in [-0.4, -0.2) is 47.8 Å². The molecule has 2 aliphatic heterocycles. The highest BCUT2D eigenvalue weighted by atomic mass is 16.2. The van der Waals surface area contributed by atoms with E-state index in [9.17, 15) is 9.59 Å². The minimum absolute atomic E-state index is 0.201. The van der Waals surface area contributed by atoms with Gasteiger partial charge in [0.05, 0.1) is 17.7 Å². The lowest BCUT2D eigenvalue weighted by Crippen LogP contribution is -2.42. The molecule has 128 valence electrons. The van der Waals surface area contributed by atoms with Gasteiger partial charge < -0.3 is 5.32 Å². The van der Waals surface area contributed by atoms with E-state index in [0.29, 0.717) is 17.7 Å². The summed E-state index contributed by atoms with van der Waals surface area (Å²) in [5, 5.41) is 3.36. The van der Waals surface area contributed by atoms with Crippen LogP contribution >= 0.6 is 0 Å². The number of hydrogen-bond acceptors (Lipinski definition) is 4. The van der Waals surface area contributed by atoms with Crippen molar-refractivity contribution < 1.29 is 9.59 Å². The molecule has 2 aromatic rings. The van der Waals surface area contributed by atoms with Gasteiger partial charge >= 0.3 is 0 Å². The zero-order valence-electron chi connectivity index (χ0n) is 14.1. The number of benzene rings is 2. The maximum absolute atomic E-state index is 12.5. The van der Waals surface area contributed by atoms with Gasteiger partial charge in [-0.15, -0.1) is 0 Å². The predicted octanol–water partition coefficient (Wildman–Crippen LogP) is 1.89. The first-order chi connectivity index (χ1) is 12.2. The summed E-state index contributed by atoms with van der Waals surface area (Å²) < 4.78 is 0. The van der Waals surface area contributed by atoms with E-state index < -0.39 is 0 Å². The number of amides is 2. The van der Waals surface area contributed by atoms with Crippen LogP contribution in [0.4, 0.5) is 0 Å². The molecular weight excluding hydrogens is 314 g/mol. The summed E-state index contributed by atoms with van der Waals surface area (Å²) in [6.07, 6.45) is 0. The number of fused-ring (bicyclic) bond motifs is 1. The zero-order valence-corrected chi connectivity index (χ0v) is 14.1. The fourth-order valence-electron chi connectivity index (χ4n) is 3.52. The third-order valence-electron chi connectivity index (χ3n) is 4.83. The number of carbonyl (C=O) groups is 2. The standard InChI is InChI=1S/C20H21N3O2/c24-19-17-6-1-2-7-18(17)20(25)23(19)14-16-5-3-4-15(12-16)13-22-10-8-21-9-11-22/h1-7,12,21H,8-11,13-14H2. The summed E-state index contributed by atoms with van der Waals surface area (Å²) in [5.74, 6) is -0.402. The second-order valence-corrected chi connectivity index (χ2v) is 6.59. The van der Waals surface area contributed by atoms with E-state index in [0.717, 1.165) is 38.3 Å². The molecule has 0 atom stereocenters. The largest absolute Gasteiger partial charge is 0.314 e. The van der Waals surface area contributed by atoms with Crippen molar-refractivity contribution in [1.29, 1.82) is 0 Å². The van der Waals surface area contributed by atoms with Crippen molar-refractivity contribution in [3.63, 3.8) is 0 Å². The average Bonchev–Trinajstić information content (AvgIpc) is 2.88. The topological polar surface area (TPSA) is 52.7 Å². The van der Waals surface area contributed by atoms with Gasteiger partial charge in [0.15, 0.2) is 0 Å². The normalized spacial score (nSPS) is 17.8. The van der Waals surface area contributed by atoms with Gasteiger partial charge in [0.2, 0.25) is 0 Å². The summed E-state index contributed by atoms with van der Waals surface area (Å²) in [6.45, 7) is 5.36. The zero-order chi connectivity index (χ0) is 17.2. The molecule has 0 unspecified atom stereocenters. The quantitative estimate of drug-likeness (QED) is 0.867. The highest BCUT2D eigenvalue weighted by Gasteiger charge is 2.34. The molecule has 0 bridgehead atoms. The van der Waals surface area contributed by atoms with Crippen molar-refractivity contribution in [2.45, 2.75) is 13.1 Å². The first-order valence-electron chi connectivity index (χ1n) is 8.68. The molecule has 1 saturated heterocycles. The van der Waals surface area contributed by atoms with Crippen LogP contribution in [0.15, 0.2) is 48.5 Å². The van der Waals surface area contributed by atoms with Gasteiger partial charge in [-0.05, 0) is 23.3 Å². The van der Waals surface area contributed by atoms with Crippen molar-refractivity contribution in [1.82, 2.24) is 15.1 Å². The Kier molecular flexibility index (Phi) is 4.34. The van der Waals surface area contributed by atoms with Crippen molar-refractivity contribution in [2.75, 3.05) is 26.2 Å². The summed E-state index contributed by atoms with van der Waals surface area (Å²) in [5.41, 5.74) is 3.21. The van der Waals surface area contributed by atoms with Crippen LogP contribution in [0.2, 0.25) is 0 Å². The minimum Gasteiger partial charge on any atom is -0.314 e. The summed E-state index contributed by atoms with van der Waals surface area (Å²) in [7, 11) is 0. The van der Waals surface area contributed by atoms with E-state index >= 15 is 0 Å². The molecule has 0 spiro atoms. The third-order valence-corrected chi connectivity index (χ3v) is 4.83. The predicted molar refractivity (Wildman–Crippen MR) is 95.2 cm³/mol. The monoisotopic (exact) mass is 335 g/mol. The van der Waals surface area contributed by atoms with Gasteiger partial charge in [-0.1, -0.05) is 36.4 Å². The molecule has 4 rings (SSSR count). The lowest BCUT2D eigenvalue weighted by Gasteiger charge is -2.27. The molecule has 0 radical (unpaired) electrons. The SMILES string of the molecule is O=C1c2ccccc2C(=O)N1Cc1cccc(CN2CCNCC2)c1. The number of carbonyl (C=O) groups excluding carboxylic acids is 2. The lowest BCUT2D eigenvalue weighted by atomic mass is 10.1. The Morgan fingerprint density at radius 1 is 0.800 bits per heavy atom. The highest BCUT2D eigenvalue weighted by molar-refractivity contribution is 6.21. The van der Waals surface area contributed by atoms with Crippen LogP contribution in [0.25, 0.3) is 0 Å². The number of nitrogens with one attached hydrogen (secondary N) is 1. The highest BCUT2D eigenvalue weighted by Crippen LogP contribution is 2.24. The maximum Gasteiger partial charge on any atom is 0.261 e. The Morgan fingerprint density at radius 3 is 2.04 bits per heavy atom. The summed E-state index contributed by atoms with van der Waals surface area (Å²) in [6, 6.07) is 15.2. The Balaban J connectivity index is 1.49. The van der Waals surface area contributed by atoms with Gasteiger partial charge in [-0.2, -0.15) is 0 Å². The van der Waals surface area contributed by atoms with Gasteiger partial charge in [-0.3, -0.25) is 19.4 Å². The van der Waals surface area contributed by atoms with Crippen LogP contribution in [0, 0.1) is 0 Å². The number of hydrogen-bond donors (Lipinski definition) is 1. The summed E-state index contributed by atoms with van der Waals surface area (Å²) >= 11 is 0. The van der Waals surface area contributed by atoms with Crippen molar-refractivity contribution in [2.24, 2.45) is 0 Å². The van der Waals surface area contributed by atoms with E-state index in [-0.39, 0.29) is 11.8 Å². The van der Waals surface area contributed by atoms with Crippen LogP contribution in [0.1, 0.15) is 31.8 Å². The van der Waals surface area contributed by atoms with E-state index in [1.807, 2.05) is 12.1 Å². The van der Waals surface area contributed by atoms with Gasteiger partial charge in [-0.25, -0.2) is 0 Å².